The Morgan fingerprint density at radius 1 is 1.11 bits per heavy atom. The van der Waals surface area contributed by atoms with Gasteiger partial charge in [-0.05, 0) is 39.1 Å². The molecule has 1 aromatic carbocycles. The SMILES string of the molecule is C[C@@H]1CN(S(=O)(=O)c2cccc(C(=O)NN3CCN(C)CC3)c2)C[C@H](C)O1. The Kier molecular flexibility index (Phi) is 6.17. The highest BCUT2D eigenvalue weighted by Gasteiger charge is 2.32. The van der Waals surface area contributed by atoms with Crippen LogP contribution in [0.4, 0.5) is 0 Å². The summed E-state index contributed by atoms with van der Waals surface area (Å²) in [5, 5.41) is 1.87. The lowest BCUT2D eigenvalue weighted by Gasteiger charge is -2.34. The summed E-state index contributed by atoms with van der Waals surface area (Å²) in [4.78, 5) is 14.9. The van der Waals surface area contributed by atoms with Crippen LogP contribution in [0.2, 0.25) is 0 Å². The van der Waals surface area contributed by atoms with Crippen molar-refractivity contribution in [1.82, 2.24) is 19.6 Å². The zero-order chi connectivity index (χ0) is 19.6. The van der Waals surface area contributed by atoms with Crippen LogP contribution < -0.4 is 5.43 Å². The Bertz CT molecular complexity index is 767. The number of hydrazine groups is 1. The molecule has 1 amide bonds. The molecule has 2 atom stereocenters. The molecule has 1 aromatic rings. The summed E-state index contributed by atoms with van der Waals surface area (Å²) in [6, 6.07) is 6.23. The third-order valence-electron chi connectivity index (χ3n) is 4.88. The molecular formula is C18H28N4O4S. The summed E-state index contributed by atoms with van der Waals surface area (Å²) in [5.74, 6) is -0.291. The van der Waals surface area contributed by atoms with Crippen LogP contribution in [0, 0.1) is 0 Å². The summed E-state index contributed by atoms with van der Waals surface area (Å²) < 4.78 is 33.1. The molecule has 0 radical (unpaired) electrons. The molecule has 2 fully saturated rings. The van der Waals surface area contributed by atoms with Gasteiger partial charge in [-0.1, -0.05) is 6.07 Å². The van der Waals surface area contributed by atoms with Crippen molar-refractivity contribution in [2.75, 3.05) is 46.3 Å². The van der Waals surface area contributed by atoms with Gasteiger partial charge in [-0.3, -0.25) is 10.2 Å². The molecule has 27 heavy (non-hydrogen) atoms. The van der Waals surface area contributed by atoms with Crippen LogP contribution in [0.25, 0.3) is 0 Å². The highest BCUT2D eigenvalue weighted by atomic mass is 32.2. The first-order valence-corrected chi connectivity index (χ1v) is 10.7. The van der Waals surface area contributed by atoms with Crippen LogP contribution in [-0.4, -0.2) is 87.1 Å². The number of rotatable bonds is 4. The molecule has 0 aromatic heterocycles. The van der Waals surface area contributed by atoms with Crippen molar-refractivity contribution in [2.24, 2.45) is 0 Å². The number of sulfonamides is 1. The number of nitrogens with one attached hydrogen (secondary N) is 1. The molecule has 2 aliphatic rings. The number of carbonyl (C=O) groups excluding carboxylic acids is 1. The van der Waals surface area contributed by atoms with Gasteiger partial charge >= 0.3 is 0 Å². The summed E-state index contributed by atoms with van der Waals surface area (Å²) in [6.45, 7) is 7.57. The Labute approximate surface area is 161 Å². The number of likely N-dealkylation sites (N-methyl/N-ethyl adjacent to an activating group) is 1. The van der Waals surface area contributed by atoms with E-state index >= 15 is 0 Å². The van der Waals surface area contributed by atoms with Gasteiger partial charge in [-0.2, -0.15) is 4.31 Å². The average Bonchev–Trinajstić information content (AvgIpc) is 2.63. The molecule has 3 rings (SSSR count). The van der Waals surface area contributed by atoms with E-state index < -0.39 is 10.0 Å². The van der Waals surface area contributed by atoms with Crippen LogP contribution in [0.3, 0.4) is 0 Å². The van der Waals surface area contributed by atoms with Crippen molar-refractivity contribution in [3.63, 3.8) is 0 Å². The number of amides is 1. The predicted molar refractivity (Wildman–Crippen MR) is 102 cm³/mol. The fourth-order valence-corrected chi connectivity index (χ4v) is 5.04. The van der Waals surface area contributed by atoms with Crippen LogP contribution in [0.15, 0.2) is 29.2 Å². The Morgan fingerprint density at radius 3 is 2.37 bits per heavy atom. The number of morpholine rings is 1. The largest absolute Gasteiger partial charge is 0.373 e. The molecule has 1 N–H and O–H groups in total. The lowest BCUT2D eigenvalue weighted by Crippen LogP contribution is -2.52. The molecule has 0 aliphatic carbocycles. The number of nitrogens with zero attached hydrogens (tertiary/aromatic N) is 3. The monoisotopic (exact) mass is 396 g/mol. The summed E-state index contributed by atoms with van der Waals surface area (Å²) in [5.41, 5.74) is 3.20. The van der Waals surface area contributed by atoms with E-state index in [0.717, 1.165) is 26.2 Å². The van der Waals surface area contributed by atoms with Crippen molar-refractivity contribution in [1.29, 1.82) is 0 Å². The maximum absolute atomic E-state index is 13.0. The molecule has 2 saturated heterocycles. The van der Waals surface area contributed by atoms with Crippen molar-refractivity contribution < 1.29 is 17.9 Å². The zero-order valence-electron chi connectivity index (χ0n) is 16.1. The van der Waals surface area contributed by atoms with Crippen LogP contribution in [0.5, 0.6) is 0 Å². The highest BCUT2D eigenvalue weighted by molar-refractivity contribution is 7.89. The number of carbonyl (C=O) groups is 1. The van der Waals surface area contributed by atoms with E-state index in [0.29, 0.717) is 18.7 Å². The number of piperazine rings is 1. The van der Waals surface area contributed by atoms with Gasteiger partial charge in [0, 0.05) is 44.8 Å². The minimum atomic E-state index is -3.67. The molecule has 2 aliphatic heterocycles. The standard InChI is InChI=1S/C18H28N4O4S/c1-14-12-22(13-15(2)26-14)27(24,25)17-6-4-5-16(11-17)18(23)19-21-9-7-20(3)8-10-21/h4-6,11,14-15H,7-10,12-13H2,1-3H3,(H,19,23)/t14-,15+. The third kappa shape index (κ3) is 4.85. The Balaban J connectivity index is 1.73. The van der Waals surface area contributed by atoms with Crippen molar-refractivity contribution >= 4 is 15.9 Å². The molecule has 0 unspecified atom stereocenters. The first-order chi connectivity index (χ1) is 12.8. The molecule has 0 saturated carbocycles. The van der Waals surface area contributed by atoms with E-state index in [1.807, 2.05) is 25.9 Å². The molecule has 0 bridgehead atoms. The summed E-state index contributed by atoms with van der Waals surface area (Å²) in [6.07, 6.45) is -0.320. The van der Waals surface area contributed by atoms with Gasteiger partial charge < -0.3 is 9.64 Å². The van der Waals surface area contributed by atoms with E-state index in [1.165, 1.54) is 16.4 Å². The smallest absolute Gasteiger partial charge is 0.265 e. The lowest BCUT2D eigenvalue weighted by atomic mass is 10.2. The van der Waals surface area contributed by atoms with Gasteiger partial charge in [0.05, 0.1) is 17.1 Å². The maximum Gasteiger partial charge on any atom is 0.265 e. The molecule has 0 spiro atoms. The van der Waals surface area contributed by atoms with E-state index in [-0.39, 0.29) is 23.0 Å². The van der Waals surface area contributed by atoms with Gasteiger partial charge in [0.1, 0.15) is 0 Å². The van der Waals surface area contributed by atoms with Gasteiger partial charge in [-0.25, -0.2) is 13.4 Å². The molecular weight excluding hydrogens is 368 g/mol. The first kappa shape index (κ1) is 20.2. The third-order valence-corrected chi connectivity index (χ3v) is 6.71. The van der Waals surface area contributed by atoms with Crippen LogP contribution >= 0.6 is 0 Å². The Hall–Kier alpha value is -1.52. The number of hydrogen-bond donors (Lipinski definition) is 1. The number of benzene rings is 1. The second kappa shape index (κ2) is 8.24. The minimum absolute atomic E-state index is 0.134. The first-order valence-electron chi connectivity index (χ1n) is 9.26. The van der Waals surface area contributed by atoms with Crippen molar-refractivity contribution in [3.8, 4) is 0 Å². The molecule has 2 heterocycles. The average molecular weight is 397 g/mol. The molecule has 8 nitrogen and oxygen atoms in total. The van der Waals surface area contributed by atoms with E-state index in [2.05, 4.69) is 10.3 Å². The van der Waals surface area contributed by atoms with Gasteiger partial charge in [-0.15, -0.1) is 0 Å². The lowest BCUT2D eigenvalue weighted by molar-refractivity contribution is -0.0440. The van der Waals surface area contributed by atoms with E-state index in [1.54, 1.807) is 12.1 Å². The fourth-order valence-electron chi connectivity index (χ4n) is 3.40. The number of ether oxygens (including phenoxy) is 1. The van der Waals surface area contributed by atoms with Gasteiger partial charge in [0.2, 0.25) is 10.0 Å². The quantitative estimate of drug-likeness (QED) is 0.792. The van der Waals surface area contributed by atoms with Gasteiger partial charge in [0.25, 0.3) is 5.91 Å². The fraction of sp³-hybridized carbons (Fsp3) is 0.611. The molecule has 150 valence electrons. The topological polar surface area (TPSA) is 82.2 Å². The second-order valence-electron chi connectivity index (χ2n) is 7.34. The maximum atomic E-state index is 13.0. The predicted octanol–water partition coefficient (Wildman–Crippen LogP) is 0.377. The van der Waals surface area contributed by atoms with Crippen molar-refractivity contribution in [3.05, 3.63) is 29.8 Å². The summed E-state index contributed by atoms with van der Waals surface area (Å²) in [7, 11) is -1.63. The zero-order valence-corrected chi connectivity index (χ0v) is 16.9. The van der Waals surface area contributed by atoms with Crippen LogP contribution in [-0.2, 0) is 14.8 Å². The minimum Gasteiger partial charge on any atom is -0.373 e. The van der Waals surface area contributed by atoms with E-state index in [4.69, 9.17) is 4.74 Å². The highest BCUT2D eigenvalue weighted by Crippen LogP contribution is 2.22. The van der Waals surface area contributed by atoms with Crippen molar-refractivity contribution in [2.45, 2.75) is 31.0 Å². The van der Waals surface area contributed by atoms with Gasteiger partial charge in [0.15, 0.2) is 0 Å². The number of hydrogen-bond acceptors (Lipinski definition) is 6. The molecule has 9 heteroatoms. The Morgan fingerprint density at radius 2 is 1.74 bits per heavy atom. The normalized spacial score (nSPS) is 26.0. The summed E-state index contributed by atoms with van der Waals surface area (Å²) >= 11 is 0. The van der Waals surface area contributed by atoms with E-state index in [9.17, 15) is 13.2 Å². The second-order valence-corrected chi connectivity index (χ2v) is 9.28. The van der Waals surface area contributed by atoms with Crippen LogP contribution in [0.1, 0.15) is 24.2 Å².